The molecule has 0 radical (unpaired) electrons. The van der Waals surface area contributed by atoms with Gasteiger partial charge in [0.25, 0.3) is 15.9 Å². The van der Waals surface area contributed by atoms with Crippen LogP contribution < -0.4 is 10.0 Å². The van der Waals surface area contributed by atoms with Crippen LogP contribution in [0.2, 0.25) is 10.0 Å². The van der Waals surface area contributed by atoms with Crippen molar-refractivity contribution in [1.82, 2.24) is 5.32 Å². The molecule has 0 aliphatic heterocycles. The molecule has 0 saturated heterocycles. The van der Waals surface area contributed by atoms with Crippen molar-refractivity contribution in [3.8, 4) is 0 Å². The Kier molecular flexibility index (Phi) is 6.79. The van der Waals surface area contributed by atoms with E-state index in [1.54, 1.807) is 0 Å². The number of sulfonamides is 1. The maximum absolute atomic E-state index is 12.5. The van der Waals surface area contributed by atoms with Crippen molar-refractivity contribution in [1.29, 1.82) is 0 Å². The lowest BCUT2D eigenvalue weighted by atomic mass is 10.1. The van der Waals surface area contributed by atoms with Gasteiger partial charge in [-0.05, 0) is 54.4 Å². The van der Waals surface area contributed by atoms with Gasteiger partial charge in [0.1, 0.15) is 0 Å². The Balaban J connectivity index is 1.70. The Morgan fingerprint density at radius 1 is 0.897 bits per heavy atom. The van der Waals surface area contributed by atoms with Crippen LogP contribution >= 0.6 is 23.2 Å². The van der Waals surface area contributed by atoms with E-state index in [-0.39, 0.29) is 27.1 Å². The summed E-state index contributed by atoms with van der Waals surface area (Å²) in [6.07, 6.45) is 0.674. The molecular weight excluding hydrogens is 431 g/mol. The number of halogens is 2. The maximum atomic E-state index is 12.5. The van der Waals surface area contributed by atoms with Crippen molar-refractivity contribution < 1.29 is 13.2 Å². The topological polar surface area (TPSA) is 75.3 Å². The van der Waals surface area contributed by atoms with Gasteiger partial charge in [-0.3, -0.25) is 9.52 Å². The van der Waals surface area contributed by atoms with E-state index in [0.29, 0.717) is 18.0 Å². The Morgan fingerprint density at radius 2 is 1.59 bits per heavy atom. The number of nitrogens with one attached hydrogen (secondary N) is 2. The molecule has 0 bridgehead atoms. The fourth-order valence-corrected chi connectivity index (χ4v) is 4.03. The third kappa shape index (κ3) is 5.73. The van der Waals surface area contributed by atoms with Gasteiger partial charge in [-0.2, -0.15) is 0 Å². The zero-order valence-electron chi connectivity index (χ0n) is 15.2. The van der Waals surface area contributed by atoms with Crippen LogP contribution in [-0.2, 0) is 16.4 Å². The van der Waals surface area contributed by atoms with Crippen LogP contribution in [0.1, 0.15) is 15.9 Å². The first-order valence-electron chi connectivity index (χ1n) is 8.75. The minimum absolute atomic E-state index is 0.0608. The summed E-state index contributed by atoms with van der Waals surface area (Å²) in [5, 5.41) is 3.47. The second-order valence-corrected chi connectivity index (χ2v) is 8.77. The second kappa shape index (κ2) is 9.31. The minimum atomic E-state index is -3.82. The fourth-order valence-electron chi connectivity index (χ4n) is 2.65. The highest BCUT2D eigenvalue weighted by molar-refractivity contribution is 7.92. The first kappa shape index (κ1) is 21.2. The van der Waals surface area contributed by atoms with Crippen molar-refractivity contribution >= 4 is 44.8 Å². The number of carbonyl (C=O) groups is 1. The first-order valence-corrected chi connectivity index (χ1v) is 11.0. The molecule has 5 nitrogen and oxygen atoms in total. The van der Waals surface area contributed by atoms with Crippen LogP contribution in [0.4, 0.5) is 5.69 Å². The van der Waals surface area contributed by atoms with Crippen LogP contribution in [0.25, 0.3) is 0 Å². The van der Waals surface area contributed by atoms with Crippen molar-refractivity contribution in [3.63, 3.8) is 0 Å². The summed E-state index contributed by atoms with van der Waals surface area (Å²) in [5.74, 6) is -0.376. The summed E-state index contributed by atoms with van der Waals surface area (Å²) in [6, 6.07) is 19.9. The summed E-state index contributed by atoms with van der Waals surface area (Å²) < 4.78 is 27.5. The SMILES string of the molecule is O=C(NCCc1ccccc1)c1cc(NS(=O)(=O)c2ccc(Cl)cc2)ccc1Cl. The normalized spacial score (nSPS) is 11.1. The van der Waals surface area contributed by atoms with Gasteiger partial charge in [-0.1, -0.05) is 53.5 Å². The minimum Gasteiger partial charge on any atom is -0.352 e. The van der Waals surface area contributed by atoms with Gasteiger partial charge in [0.05, 0.1) is 15.5 Å². The van der Waals surface area contributed by atoms with Crippen molar-refractivity contribution in [2.75, 3.05) is 11.3 Å². The van der Waals surface area contributed by atoms with Crippen LogP contribution in [0, 0.1) is 0 Å². The molecule has 0 aliphatic rings. The highest BCUT2D eigenvalue weighted by atomic mass is 35.5. The Bertz CT molecular complexity index is 1100. The number of anilines is 1. The molecule has 0 atom stereocenters. The summed E-state index contributed by atoms with van der Waals surface area (Å²) in [4.78, 5) is 12.6. The average molecular weight is 449 g/mol. The third-order valence-electron chi connectivity index (χ3n) is 4.13. The summed E-state index contributed by atoms with van der Waals surface area (Å²) in [5.41, 5.74) is 1.52. The summed E-state index contributed by atoms with van der Waals surface area (Å²) >= 11 is 11.9. The number of rotatable bonds is 7. The molecule has 0 fully saturated rings. The van der Waals surface area contributed by atoms with E-state index >= 15 is 0 Å². The molecule has 0 aliphatic carbocycles. The Hall–Kier alpha value is -2.54. The molecule has 0 unspecified atom stereocenters. The number of hydrogen-bond donors (Lipinski definition) is 2. The Labute approximate surface area is 179 Å². The molecule has 1 amide bonds. The van der Waals surface area contributed by atoms with E-state index in [1.807, 2.05) is 30.3 Å². The summed E-state index contributed by atoms with van der Waals surface area (Å²) in [7, 11) is -3.82. The van der Waals surface area contributed by atoms with Gasteiger partial charge < -0.3 is 5.32 Å². The van der Waals surface area contributed by atoms with E-state index in [1.165, 1.54) is 42.5 Å². The lowest BCUT2D eigenvalue weighted by Crippen LogP contribution is -2.26. The number of hydrogen-bond acceptors (Lipinski definition) is 3. The molecule has 150 valence electrons. The zero-order chi connectivity index (χ0) is 20.9. The van der Waals surface area contributed by atoms with Crippen LogP contribution in [0.3, 0.4) is 0 Å². The molecule has 29 heavy (non-hydrogen) atoms. The van der Waals surface area contributed by atoms with Crippen LogP contribution in [0.15, 0.2) is 77.7 Å². The van der Waals surface area contributed by atoms with E-state index < -0.39 is 10.0 Å². The average Bonchev–Trinajstić information content (AvgIpc) is 2.70. The van der Waals surface area contributed by atoms with E-state index in [0.717, 1.165) is 5.56 Å². The monoisotopic (exact) mass is 448 g/mol. The first-order chi connectivity index (χ1) is 13.8. The fraction of sp³-hybridized carbons (Fsp3) is 0.0952. The second-order valence-electron chi connectivity index (χ2n) is 6.25. The van der Waals surface area contributed by atoms with Gasteiger partial charge in [-0.15, -0.1) is 0 Å². The molecular formula is C21H18Cl2N2O3S. The highest BCUT2D eigenvalue weighted by Crippen LogP contribution is 2.23. The molecule has 3 aromatic rings. The molecule has 0 spiro atoms. The van der Waals surface area contributed by atoms with Crippen molar-refractivity contribution in [2.24, 2.45) is 0 Å². The molecule has 2 N–H and O–H groups in total. The molecule has 3 aromatic carbocycles. The number of amides is 1. The highest BCUT2D eigenvalue weighted by Gasteiger charge is 2.17. The van der Waals surface area contributed by atoms with Crippen molar-refractivity contribution in [2.45, 2.75) is 11.3 Å². The molecule has 8 heteroatoms. The predicted molar refractivity (Wildman–Crippen MR) is 116 cm³/mol. The summed E-state index contributed by atoms with van der Waals surface area (Å²) in [6.45, 7) is 0.430. The van der Waals surface area contributed by atoms with Crippen LogP contribution in [-0.4, -0.2) is 20.9 Å². The number of carbonyl (C=O) groups excluding carboxylic acids is 1. The van der Waals surface area contributed by atoms with Crippen LogP contribution in [0.5, 0.6) is 0 Å². The van der Waals surface area contributed by atoms with E-state index in [9.17, 15) is 13.2 Å². The Morgan fingerprint density at radius 3 is 2.28 bits per heavy atom. The molecule has 0 saturated carbocycles. The van der Waals surface area contributed by atoms with E-state index in [2.05, 4.69) is 10.0 Å². The molecule has 3 rings (SSSR count). The van der Waals surface area contributed by atoms with E-state index in [4.69, 9.17) is 23.2 Å². The lowest BCUT2D eigenvalue weighted by molar-refractivity contribution is 0.0954. The predicted octanol–water partition coefficient (Wildman–Crippen LogP) is 4.77. The van der Waals surface area contributed by atoms with Gasteiger partial charge in [0, 0.05) is 17.3 Å². The largest absolute Gasteiger partial charge is 0.352 e. The standard InChI is InChI=1S/C21H18Cl2N2O3S/c22-16-6-9-18(10-7-16)29(27,28)25-17-8-11-20(23)19(14-17)21(26)24-13-12-15-4-2-1-3-5-15/h1-11,14,25H,12-13H2,(H,24,26). The molecule has 0 heterocycles. The van der Waals surface area contributed by atoms with Gasteiger partial charge in [0.15, 0.2) is 0 Å². The van der Waals surface area contributed by atoms with Gasteiger partial charge in [0.2, 0.25) is 0 Å². The molecule has 0 aromatic heterocycles. The van der Waals surface area contributed by atoms with Crippen molar-refractivity contribution in [3.05, 3.63) is 94.0 Å². The zero-order valence-corrected chi connectivity index (χ0v) is 17.6. The lowest BCUT2D eigenvalue weighted by Gasteiger charge is -2.11. The van der Waals surface area contributed by atoms with Gasteiger partial charge >= 0.3 is 0 Å². The third-order valence-corrected chi connectivity index (χ3v) is 6.11. The number of benzene rings is 3. The maximum Gasteiger partial charge on any atom is 0.261 e. The smallest absolute Gasteiger partial charge is 0.261 e. The quantitative estimate of drug-likeness (QED) is 0.546. The van der Waals surface area contributed by atoms with Gasteiger partial charge in [-0.25, -0.2) is 8.42 Å².